The maximum atomic E-state index is 12.4. The van der Waals surface area contributed by atoms with Crippen LogP contribution in [0.2, 0.25) is 5.15 Å². The average Bonchev–Trinajstić information content (AvgIpc) is 2.46. The molecule has 0 saturated heterocycles. The van der Waals surface area contributed by atoms with Crippen LogP contribution < -0.4 is 0 Å². The first-order valence-electron chi connectivity index (χ1n) is 5.97. The lowest BCUT2D eigenvalue weighted by molar-refractivity contribution is 0.472. The Balaban J connectivity index is 2.12. The molecule has 0 aromatic carbocycles. The van der Waals surface area contributed by atoms with Gasteiger partial charge in [-0.25, -0.2) is 17.7 Å². The van der Waals surface area contributed by atoms with Gasteiger partial charge in [0.25, 0.3) is 0 Å². The highest BCUT2D eigenvalue weighted by Gasteiger charge is 2.23. The van der Waals surface area contributed by atoms with Crippen molar-refractivity contribution in [2.75, 3.05) is 13.6 Å². The zero-order valence-electron chi connectivity index (χ0n) is 10.9. The molecule has 2 aromatic heterocycles. The summed E-state index contributed by atoms with van der Waals surface area (Å²) in [7, 11) is -2.09. The van der Waals surface area contributed by atoms with Crippen LogP contribution in [0.3, 0.4) is 0 Å². The van der Waals surface area contributed by atoms with Crippen molar-refractivity contribution >= 4 is 21.6 Å². The molecule has 2 rings (SSSR count). The number of sulfonamides is 1. The molecule has 5 nitrogen and oxygen atoms in total. The van der Waals surface area contributed by atoms with Gasteiger partial charge in [-0.1, -0.05) is 11.6 Å². The van der Waals surface area contributed by atoms with E-state index < -0.39 is 10.0 Å². The molecule has 0 bridgehead atoms. The Hall–Kier alpha value is -1.50. The maximum absolute atomic E-state index is 12.4. The number of hydrogen-bond acceptors (Lipinski definition) is 4. The summed E-state index contributed by atoms with van der Waals surface area (Å²) in [5, 5.41) is -0.0109. The highest BCUT2D eigenvalue weighted by molar-refractivity contribution is 7.89. The van der Waals surface area contributed by atoms with Crippen molar-refractivity contribution in [3.8, 4) is 0 Å². The predicted molar refractivity (Wildman–Crippen MR) is 77.0 cm³/mol. The topological polar surface area (TPSA) is 63.2 Å². The zero-order chi connectivity index (χ0) is 14.6. The average molecular weight is 312 g/mol. The number of halogens is 1. The maximum Gasteiger partial charge on any atom is 0.245 e. The van der Waals surface area contributed by atoms with Crippen molar-refractivity contribution in [1.29, 1.82) is 0 Å². The molecule has 0 fully saturated rings. The van der Waals surface area contributed by atoms with Crippen LogP contribution in [-0.4, -0.2) is 36.3 Å². The summed E-state index contributed by atoms with van der Waals surface area (Å²) >= 11 is 5.84. The lowest BCUT2D eigenvalue weighted by atomic mass is 10.2. The smallest absolute Gasteiger partial charge is 0.245 e. The molecule has 0 spiro atoms. The number of likely N-dealkylation sites (N-methyl/N-ethyl adjacent to an activating group) is 1. The Morgan fingerprint density at radius 2 is 1.90 bits per heavy atom. The Morgan fingerprint density at radius 1 is 1.20 bits per heavy atom. The number of aromatic nitrogens is 2. The van der Waals surface area contributed by atoms with Gasteiger partial charge in [0.1, 0.15) is 10.0 Å². The molecule has 0 amide bonds. The van der Waals surface area contributed by atoms with Crippen LogP contribution in [0.25, 0.3) is 0 Å². The number of rotatable bonds is 5. The van der Waals surface area contributed by atoms with Crippen molar-refractivity contribution in [2.24, 2.45) is 0 Å². The first-order valence-corrected chi connectivity index (χ1v) is 7.79. The first-order chi connectivity index (χ1) is 9.51. The molecule has 20 heavy (non-hydrogen) atoms. The highest BCUT2D eigenvalue weighted by atomic mass is 35.5. The molecule has 0 aliphatic rings. The Bertz CT molecular complexity index is 677. The van der Waals surface area contributed by atoms with Crippen molar-refractivity contribution in [3.05, 3.63) is 53.6 Å². The second kappa shape index (κ2) is 6.30. The van der Waals surface area contributed by atoms with Crippen LogP contribution in [0, 0.1) is 0 Å². The van der Waals surface area contributed by atoms with Crippen LogP contribution in [-0.2, 0) is 16.4 Å². The SMILES string of the molecule is CN(CCc1ccncc1)S(=O)(=O)c1cccnc1Cl. The van der Waals surface area contributed by atoms with Gasteiger partial charge in [-0.3, -0.25) is 4.98 Å². The Labute approximate surface area is 123 Å². The molecule has 2 aromatic rings. The molecular weight excluding hydrogens is 298 g/mol. The van der Waals surface area contributed by atoms with Crippen molar-refractivity contribution < 1.29 is 8.42 Å². The van der Waals surface area contributed by atoms with Gasteiger partial charge in [-0.15, -0.1) is 0 Å². The molecule has 0 saturated carbocycles. The molecule has 0 unspecified atom stereocenters. The van der Waals surface area contributed by atoms with Gasteiger partial charge in [0.2, 0.25) is 10.0 Å². The summed E-state index contributed by atoms with van der Waals surface area (Å²) in [5.74, 6) is 0. The van der Waals surface area contributed by atoms with E-state index >= 15 is 0 Å². The van der Waals surface area contributed by atoms with Gasteiger partial charge in [-0.2, -0.15) is 0 Å². The van der Waals surface area contributed by atoms with Gasteiger partial charge in [0, 0.05) is 32.2 Å². The van der Waals surface area contributed by atoms with Gasteiger partial charge in [-0.05, 0) is 36.2 Å². The minimum absolute atomic E-state index is 0.0109. The van der Waals surface area contributed by atoms with Crippen LogP contribution in [0.1, 0.15) is 5.56 Å². The fourth-order valence-electron chi connectivity index (χ4n) is 1.69. The largest absolute Gasteiger partial charge is 0.265 e. The molecule has 0 radical (unpaired) electrons. The van der Waals surface area contributed by atoms with E-state index in [1.807, 2.05) is 12.1 Å². The van der Waals surface area contributed by atoms with Crippen molar-refractivity contribution in [1.82, 2.24) is 14.3 Å². The molecular formula is C13H14ClN3O2S. The van der Waals surface area contributed by atoms with E-state index in [4.69, 9.17) is 11.6 Å². The van der Waals surface area contributed by atoms with Gasteiger partial charge in [0.05, 0.1) is 0 Å². The minimum Gasteiger partial charge on any atom is -0.265 e. The number of nitrogens with zero attached hydrogens (tertiary/aromatic N) is 3. The summed E-state index contributed by atoms with van der Waals surface area (Å²) in [6.45, 7) is 0.359. The molecule has 0 N–H and O–H groups in total. The van der Waals surface area contributed by atoms with E-state index in [-0.39, 0.29) is 10.0 Å². The molecule has 0 aliphatic heterocycles. The predicted octanol–water partition coefficient (Wildman–Crippen LogP) is 1.99. The van der Waals surface area contributed by atoms with E-state index in [1.165, 1.54) is 23.6 Å². The van der Waals surface area contributed by atoms with E-state index in [9.17, 15) is 8.42 Å². The third-order valence-electron chi connectivity index (χ3n) is 2.88. The second-order valence-electron chi connectivity index (χ2n) is 4.22. The molecule has 7 heteroatoms. The van der Waals surface area contributed by atoms with E-state index in [0.29, 0.717) is 13.0 Å². The standard InChI is InChI=1S/C13H14ClN3O2S/c1-17(10-6-11-4-8-15-9-5-11)20(18,19)12-3-2-7-16-13(12)14/h2-5,7-9H,6,10H2,1H3. The van der Waals surface area contributed by atoms with Crippen LogP contribution in [0.5, 0.6) is 0 Å². The van der Waals surface area contributed by atoms with Crippen LogP contribution in [0.4, 0.5) is 0 Å². The molecule has 2 heterocycles. The van der Waals surface area contributed by atoms with E-state index in [0.717, 1.165) is 5.56 Å². The molecule has 0 aliphatic carbocycles. The fraction of sp³-hybridized carbons (Fsp3) is 0.231. The Kier molecular flexibility index (Phi) is 4.69. The fourth-order valence-corrected chi connectivity index (χ4v) is 3.28. The number of hydrogen-bond donors (Lipinski definition) is 0. The van der Waals surface area contributed by atoms with E-state index in [1.54, 1.807) is 18.5 Å². The first kappa shape index (κ1) is 14.9. The second-order valence-corrected chi connectivity index (χ2v) is 6.60. The summed E-state index contributed by atoms with van der Waals surface area (Å²) in [6, 6.07) is 6.72. The Morgan fingerprint density at radius 3 is 2.55 bits per heavy atom. The molecule has 0 atom stereocenters. The van der Waals surface area contributed by atoms with Crippen LogP contribution in [0.15, 0.2) is 47.8 Å². The van der Waals surface area contributed by atoms with Crippen molar-refractivity contribution in [2.45, 2.75) is 11.3 Å². The third-order valence-corrected chi connectivity index (χ3v) is 5.18. The summed E-state index contributed by atoms with van der Waals surface area (Å²) in [4.78, 5) is 7.75. The van der Waals surface area contributed by atoms with Crippen LogP contribution >= 0.6 is 11.6 Å². The number of pyridine rings is 2. The monoisotopic (exact) mass is 311 g/mol. The van der Waals surface area contributed by atoms with Gasteiger partial charge >= 0.3 is 0 Å². The molecule has 106 valence electrons. The summed E-state index contributed by atoms with van der Waals surface area (Å²) in [6.07, 6.45) is 5.43. The third kappa shape index (κ3) is 3.33. The summed E-state index contributed by atoms with van der Waals surface area (Å²) < 4.78 is 26.0. The summed E-state index contributed by atoms with van der Waals surface area (Å²) in [5.41, 5.74) is 1.03. The lowest BCUT2D eigenvalue weighted by Crippen LogP contribution is -2.29. The highest BCUT2D eigenvalue weighted by Crippen LogP contribution is 2.21. The normalized spacial score (nSPS) is 11.8. The minimum atomic E-state index is -3.62. The lowest BCUT2D eigenvalue weighted by Gasteiger charge is -2.17. The zero-order valence-corrected chi connectivity index (χ0v) is 12.5. The van der Waals surface area contributed by atoms with Gasteiger partial charge in [0.15, 0.2) is 0 Å². The van der Waals surface area contributed by atoms with E-state index in [2.05, 4.69) is 9.97 Å². The van der Waals surface area contributed by atoms with Gasteiger partial charge < -0.3 is 0 Å². The quantitative estimate of drug-likeness (QED) is 0.792. The van der Waals surface area contributed by atoms with Crippen molar-refractivity contribution in [3.63, 3.8) is 0 Å².